The first-order valence-electron chi connectivity index (χ1n) is 7.86. The molecular formula is C17H26N2O. The van der Waals surface area contributed by atoms with E-state index < -0.39 is 0 Å². The third kappa shape index (κ3) is 3.53. The number of nitrogens with one attached hydrogen (secondary N) is 1. The van der Waals surface area contributed by atoms with Crippen LogP contribution in [-0.2, 0) is 11.3 Å². The second-order valence-electron chi connectivity index (χ2n) is 6.18. The molecule has 0 bridgehead atoms. The van der Waals surface area contributed by atoms with Crippen molar-refractivity contribution in [3.8, 4) is 0 Å². The molecule has 0 atom stereocenters. The Morgan fingerprint density at radius 3 is 2.65 bits per heavy atom. The van der Waals surface area contributed by atoms with Crippen LogP contribution in [0.15, 0.2) is 18.2 Å². The van der Waals surface area contributed by atoms with Crippen molar-refractivity contribution >= 4 is 5.69 Å². The van der Waals surface area contributed by atoms with Gasteiger partial charge in [0.05, 0.1) is 6.61 Å². The van der Waals surface area contributed by atoms with E-state index in [2.05, 4.69) is 35.3 Å². The highest BCUT2D eigenvalue weighted by Crippen LogP contribution is 2.32. The molecule has 0 saturated heterocycles. The predicted octanol–water partition coefficient (Wildman–Crippen LogP) is 2.86. The van der Waals surface area contributed by atoms with Crippen LogP contribution in [0, 0.1) is 6.92 Å². The molecule has 3 nitrogen and oxygen atoms in total. The van der Waals surface area contributed by atoms with Crippen LogP contribution in [0.25, 0.3) is 0 Å². The van der Waals surface area contributed by atoms with E-state index in [9.17, 15) is 0 Å². The van der Waals surface area contributed by atoms with Gasteiger partial charge in [0.2, 0.25) is 0 Å². The number of nitrogens with zero attached hydrogens (tertiary/aromatic N) is 1. The van der Waals surface area contributed by atoms with E-state index in [0.29, 0.717) is 0 Å². The maximum atomic E-state index is 5.25. The fourth-order valence-corrected chi connectivity index (χ4v) is 2.70. The maximum absolute atomic E-state index is 5.25. The van der Waals surface area contributed by atoms with Gasteiger partial charge < -0.3 is 15.0 Å². The molecule has 3 rings (SSSR count). The fourth-order valence-electron chi connectivity index (χ4n) is 2.70. The van der Waals surface area contributed by atoms with Gasteiger partial charge in [-0.1, -0.05) is 6.07 Å². The van der Waals surface area contributed by atoms with Crippen LogP contribution in [0.1, 0.15) is 36.8 Å². The molecule has 0 heterocycles. The van der Waals surface area contributed by atoms with E-state index in [4.69, 9.17) is 4.74 Å². The van der Waals surface area contributed by atoms with E-state index in [0.717, 1.165) is 31.8 Å². The van der Waals surface area contributed by atoms with E-state index in [1.54, 1.807) is 7.11 Å². The maximum Gasteiger partial charge on any atom is 0.0637 e. The Morgan fingerprint density at radius 1 is 1.25 bits per heavy atom. The first-order valence-corrected chi connectivity index (χ1v) is 7.86. The van der Waals surface area contributed by atoms with Crippen molar-refractivity contribution in [1.29, 1.82) is 0 Å². The van der Waals surface area contributed by atoms with Crippen molar-refractivity contribution in [1.82, 2.24) is 5.32 Å². The van der Waals surface area contributed by atoms with Crippen LogP contribution in [-0.4, -0.2) is 32.3 Å². The molecule has 1 N–H and O–H groups in total. The fraction of sp³-hybridized carbons (Fsp3) is 0.647. The zero-order valence-corrected chi connectivity index (χ0v) is 12.7. The zero-order chi connectivity index (χ0) is 13.9. The van der Waals surface area contributed by atoms with Crippen LogP contribution < -0.4 is 10.2 Å². The number of hydrogen-bond donors (Lipinski definition) is 1. The minimum Gasteiger partial charge on any atom is -0.383 e. The Labute approximate surface area is 122 Å². The van der Waals surface area contributed by atoms with Gasteiger partial charge >= 0.3 is 0 Å². The quantitative estimate of drug-likeness (QED) is 0.789. The van der Waals surface area contributed by atoms with Gasteiger partial charge in [0.1, 0.15) is 0 Å². The summed E-state index contributed by atoms with van der Waals surface area (Å²) >= 11 is 0. The third-order valence-electron chi connectivity index (χ3n) is 4.34. The van der Waals surface area contributed by atoms with Crippen molar-refractivity contribution in [2.45, 2.75) is 51.2 Å². The normalized spacial score (nSPS) is 18.3. The summed E-state index contributed by atoms with van der Waals surface area (Å²) in [4.78, 5) is 2.51. The SMILES string of the molecule is COCCN(c1ccc(CNC2CC2)c(C)c1)C1CC1. The minimum atomic E-state index is 0.736. The second-order valence-corrected chi connectivity index (χ2v) is 6.18. The Bertz CT molecular complexity index is 452. The minimum absolute atomic E-state index is 0.736. The van der Waals surface area contributed by atoms with Crippen molar-refractivity contribution in [2.24, 2.45) is 0 Å². The van der Waals surface area contributed by atoms with Gasteiger partial charge in [-0.05, 0) is 55.9 Å². The predicted molar refractivity (Wildman–Crippen MR) is 83.3 cm³/mol. The molecule has 2 aliphatic carbocycles. The lowest BCUT2D eigenvalue weighted by atomic mass is 10.1. The van der Waals surface area contributed by atoms with E-state index in [1.165, 1.54) is 42.5 Å². The highest BCUT2D eigenvalue weighted by atomic mass is 16.5. The highest BCUT2D eigenvalue weighted by Gasteiger charge is 2.29. The second kappa shape index (κ2) is 6.15. The zero-order valence-electron chi connectivity index (χ0n) is 12.7. The van der Waals surface area contributed by atoms with Gasteiger partial charge in [-0.15, -0.1) is 0 Å². The highest BCUT2D eigenvalue weighted by molar-refractivity contribution is 5.52. The van der Waals surface area contributed by atoms with Gasteiger partial charge in [-0.25, -0.2) is 0 Å². The van der Waals surface area contributed by atoms with Gasteiger partial charge in [-0.3, -0.25) is 0 Å². The van der Waals surface area contributed by atoms with Crippen molar-refractivity contribution in [3.05, 3.63) is 29.3 Å². The molecule has 1 aromatic rings. The summed E-state index contributed by atoms with van der Waals surface area (Å²) < 4.78 is 5.25. The summed E-state index contributed by atoms with van der Waals surface area (Å²) in [6.07, 6.45) is 5.36. The molecule has 2 aliphatic rings. The number of hydrogen-bond acceptors (Lipinski definition) is 3. The van der Waals surface area contributed by atoms with Crippen molar-refractivity contribution in [3.63, 3.8) is 0 Å². The van der Waals surface area contributed by atoms with Gasteiger partial charge in [0.15, 0.2) is 0 Å². The average Bonchev–Trinajstić information content (AvgIpc) is 3.31. The Balaban J connectivity index is 1.66. The summed E-state index contributed by atoms with van der Waals surface area (Å²) in [5.74, 6) is 0. The molecule has 0 spiro atoms. The number of benzene rings is 1. The number of rotatable bonds is 8. The monoisotopic (exact) mass is 274 g/mol. The van der Waals surface area contributed by atoms with E-state index >= 15 is 0 Å². The molecule has 1 aromatic carbocycles. The number of anilines is 1. The molecule has 110 valence electrons. The van der Waals surface area contributed by atoms with Crippen LogP contribution in [0.3, 0.4) is 0 Å². The van der Waals surface area contributed by atoms with Crippen LogP contribution >= 0.6 is 0 Å². The topological polar surface area (TPSA) is 24.5 Å². The Hall–Kier alpha value is -1.06. The molecule has 0 amide bonds. The molecule has 0 aromatic heterocycles. The Morgan fingerprint density at radius 2 is 2.05 bits per heavy atom. The summed E-state index contributed by atoms with van der Waals surface area (Å²) in [5, 5.41) is 3.60. The lowest BCUT2D eigenvalue weighted by Gasteiger charge is -2.25. The lowest BCUT2D eigenvalue weighted by molar-refractivity contribution is 0.205. The molecule has 2 fully saturated rings. The number of methoxy groups -OCH3 is 1. The molecule has 20 heavy (non-hydrogen) atoms. The molecular weight excluding hydrogens is 248 g/mol. The van der Waals surface area contributed by atoms with E-state index in [1.807, 2.05) is 0 Å². The van der Waals surface area contributed by atoms with Crippen molar-refractivity contribution < 1.29 is 4.74 Å². The summed E-state index contributed by atoms with van der Waals surface area (Å²) in [7, 11) is 1.78. The van der Waals surface area contributed by atoms with Crippen molar-refractivity contribution in [2.75, 3.05) is 25.2 Å². The molecule has 2 saturated carbocycles. The van der Waals surface area contributed by atoms with Crippen LogP contribution in [0.5, 0.6) is 0 Å². The lowest BCUT2D eigenvalue weighted by Crippen LogP contribution is -2.29. The van der Waals surface area contributed by atoms with Gasteiger partial charge in [0, 0.05) is 38.0 Å². The third-order valence-corrected chi connectivity index (χ3v) is 4.34. The molecule has 0 radical (unpaired) electrons. The van der Waals surface area contributed by atoms with Gasteiger partial charge in [-0.2, -0.15) is 0 Å². The van der Waals surface area contributed by atoms with E-state index in [-0.39, 0.29) is 0 Å². The van der Waals surface area contributed by atoms with Crippen LogP contribution in [0.2, 0.25) is 0 Å². The first-order chi connectivity index (χ1) is 9.78. The van der Waals surface area contributed by atoms with Crippen LogP contribution in [0.4, 0.5) is 5.69 Å². The average molecular weight is 274 g/mol. The smallest absolute Gasteiger partial charge is 0.0637 e. The molecule has 0 aliphatic heterocycles. The largest absolute Gasteiger partial charge is 0.383 e. The molecule has 3 heteroatoms. The number of ether oxygens (including phenoxy) is 1. The summed E-state index contributed by atoms with van der Waals surface area (Å²) in [6.45, 7) is 5.05. The van der Waals surface area contributed by atoms with Gasteiger partial charge in [0.25, 0.3) is 0 Å². The summed E-state index contributed by atoms with van der Waals surface area (Å²) in [5.41, 5.74) is 4.19. The number of aryl methyl sites for hydroxylation is 1. The Kier molecular flexibility index (Phi) is 4.27. The summed E-state index contributed by atoms with van der Waals surface area (Å²) in [6, 6.07) is 8.43. The first kappa shape index (κ1) is 13.9. The standard InChI is InChI=1S/C17H26N2O/c1-13-11-17(19(9-10-20-2)16-7-8-16)6-3-14(13)12-18-15-4-5-15/h3,6,11,15-16,18H,4-5,7-10,12H2,1-2H3. The molecule has 0 unspecified atom stereocenters.